The average molecular weight is 385 g/mol. The van der Waals surface area contributed by atoms with E-state index in [0.29, 0.717) is 16.6 Å². The summed E-state index contributed by atoms with van der Waals surface area (Å²) >= 11 is 11.6. The van der Waals surface area contributed by atoms with Crippen molar-refractivity contribution >= 4 is 40.7 Å². The first-order chi connectivity index (χ1) is 12.6. The van der Waals surface area contributed by atoms with Gasteiger partial charge in [-0.2, -0.15) is 0 Å². The highest BCUT2D eigenvalue weighted by Crippen LogP contribution is 2.21. The fraction of sp³-hybridized carbons (Fsp3) is 0.100. The number of thiocarbonyl (C=S) groups is 1. The van der Waals surface area contributed by atoms with Gasteiger partial charge in [-0.1, -0.05) is 59.3 Å². The third kappa shape index (κ3) is 4.71. The lowest BCUT2D eigenvalue weighted by molar-refractivity contribution is 0.132. The van der Waals surface area contributed by atoms with Gasteiger partial charge in [-0.05, 0) is 36.8 Å². The quantitative estimate of drug-likeness (QED) is 0.342. The lowest BCUT2D eigenvalue weighted by Gasteiger charge is -2.09. The van der Waals surface area contributed by atoms with Crippen LogP contribution >= 0.6 is 23.8 Å². The van der Waals surface area contributed by atoms with Crippen LogP contribution in [0.3, 0.4) is 0 Å². The summed E-state index contributed by atoms with van der Waals surface area (Å²) in [6, 6.07) is 17.2. The molecule has 0 radical (unpaired) electrons. The van der Waals surface area contributed by atoms with E-state index in [-0.39, 0.29) is 0 Å². The van der Waals surface area contributed by atoms with Crippen molar-refractivity contribution in [3.63, 3.8) is 0 Å². The Morgan fingerprint density at radius 1 is 1.23 bits per heavy atom. The van der Waals surface area contributed by atoms with Crippen molar-refractivity contribution in [3.05, 3.63) is 88.3 Å². The molecule has 2 aromatic carbocycles. The summed E-state index contributed by atoms with van der Waals surface area (Å²) in [6.07, 6.45) is 3.20. The maximum atomic E-state index is 6.23. The first-order valence-corrected chi connectivity index (χ1v) is 8.76. The maximum absolute atomic E-state index is 6.23. The molecule has 0 bridgehead atoms. The van der Waals surface area contributed by atoms with Crippen molar-refractivity contribution in [2.24, 2.45) is 5.16 Å². The SMILES string of the molecule is Cc1occc1C(=S)Nc1ccc(Cl)c(/C=N/OCc2ccccc2)c1. The van der Waals surface area contributed by atoms with Gasteiger partial charge in [0.15, 0.2) is 0 Å². The second kappa shape index (κ2) is 8.65. The average Bonchev–Trinajstić information content (AvgIpc) is 3.08. The van der Waals surface area contributed by atoms with E-state index in [1.165, 1.54) is 0 Å². The van der Waals surface area contributed by atoms with Crippen LogP contribution in [0.2, 0.25) is 5.02 Å². The molecule has 0 unspecified atom stereocenters. The van der Waals surface area contributed by atoms with Gasteiger partial charge in [0, 0.05) is 16.3 Å². The number of oxime groups is 1. The van der Waals surface area contributed by atoms with E-state index >= 15 is 0 Å². The van der Waals surface area contributed by atoms with Gasteiger partial charge in [-0.15, -0.1) is 0 Å². The highest BCUT2D eigenvalue weighted by atomic mass is 35.5. The predicted octanol–water partition coefficient (Wildman–Crippen LogP) is 5.58. The molecule has 0 aliphatic rings. The first kappa shape index (κ1) is 18.2. The lowest BCUT2D eigenvalue weighted by atomic mass is 10.2. The van der Waals surface area contributed by atoms with E-state index in [4.69, 9.17) is 33.1 Å². The fourth-order valence-electron chi connectivity index (χ4n) is 2.32. The van der Waals surface area contributed by atoms with Crippen molar-refractivity contribution in [3.8, 4) is 0 Å². The van der Waals surface area contributed by atoms with Crippen molar-refractivity contribution < 1.29 is 9.25 Å². The molecule has 0 aliphatic carbocycles. The van der Waals surface area contributed by atoms with E-state index in [0.717, 1.165) is 28.1 Å². The van der Waals surface area contributed by atoms with Crippen LogP contribution in [-0.4, -0.2) is 11.2 Å². The Kier molecular flexibility index (Phi) is 6.04. The minimum absolute atomic E-state index is 0.400. The lowest BCUT2D eigenvalue weighted by Crippen LogP contribution is -2.10. The zero-order chi connectivity index (χ0) is 18.4. The Labute approximate surface area is 162 Å². The van der Waals surface area contributed by atoms with Gasteiger partial charge >= 0.3 is 0 Å². The summed E-state index contributed by atoms with van der Waals surface area (Å²) in [6.45, 7) is 2.27. The van der Waals surface area contributed by atoms with Crippen molar-refractivity contribution in [2.45, 2.75) is 13.5 Å². The van der Waals surface area contributed by atoms with Crippen LogP contribution in [0, 0.1) is 6.92 Å². The molecule has 0 saturated heterocycles. The number of benzene rings is 2. The largest absolute Gasteiger partial charge is 0.469 e. The monoisotopic (exact) mass is 384 g/mol. The Balaban J connectivity index is 1.64. The van der Waals surface area contributed by atoms with E-state index < -0.39 is 0 Å². The molecule has 0 aliphatic heterocycles. The standard InChI is InChI=1S/C20H17ClN2O2S/c1-14-18(9-10-24-14)20(26)23-17-7-8-19(21)16(11-17)12-22-25-13-15-5-3-2-4-6-15/h2-12H,13H2,1H3,(H,23,26)/b22-12+. The minimum atomic E-state index is 0.400. The number of rotatable bonds is 6. The fourth-order valence-corrected chi connectivity index (χ4v) is 2.82. The normalized spacial score (nSPS) is 10.8. The van der Waals surface area contributed by atoms with Gasteiger partial charge in [-0.3, -0.25) is 0 Å². The molecule has 0 saturated carbocycles. The molecule has 1 aromatic heterocycles. The molecule has 0 fully saturated rings. The summed E-state index contributed by atoms with van der Waals surface area (Å²) < 4.78 is 5.28. The number of aryl methyl sites for hydroxylation is 1. The van der Waals surface area contributed by atoms with Crippen LogP contribution in [-0.2, 0) is 11.4 Å². The van der Waals surface area contributed by atoms with Gasteiger partial charge in [-0.25, -0.2) is 0 Å². The molecule has 1 N–H and O–H groups in total. The zero-order valence-electron chi connectivity index (χ0n) is 14.1. The maximum Gasteiger partial charge on any atom is 0.142 e. The second-order valence-electron chi connectivity index (χ2n) is 5.57. The second-order valence-corrected chi connectivity index (χ2v) is 6.39. The summed E-state index contributed by atoms with van der Waals surface area (Å²) in [5.41, 5.74) is 3.45. The van der Waals surface area contributed by atoms with E-state index in [2.05, 4.69) is 10.5 Å². The molecule has 26 heavy (non-hydrogen) atoms. The molecule has 4 nitrogen and oxygen atoms in total. The Morgan fingerprint density at radius 3 is 2.77 bits per heavy atom. The third-order valence-electron chi connectivity index (χ3n) is 3.70. The molecule has 0 spiro atoms. The Bertz CT molecular complexity index is 923. The van der Waals surface area contributed by atoms with Gasteiger partial charge in [0.2, 0.25) is 0 Å². The summed E-state index contributed by atoms with van der Waals surface area (Å²) in [5.74, 6) is 0.771. The van der Waals surface area contributed by atoms with Gasteiger partial charge in [0.1, 0.15) is 17.4 Å². The summed E-state index contributed by atoms with van der Waals surface area (Å²) in [7, 11) is 0. The van der Waals surface area contributed by atoms with Crippen LogP contribution in [0.15, 0.2) is 70.4 Å². The minimum Gasteiger partial charge on any atom is -0.469 e. The molecular weight excluding hydrogens is 368 g/mol. The first-order valence-electron chi connectivity index (χ1n) is 7.98. The number of nitrogens with zero attached hydrogens (tertiary/aromatic N) is 1. The molecule has 0 amide bonds. The van der Waals surface area contributed by atoms with E-state index in [9.17, 15) is 0 Å². The highest BCUT2D eigenvalue weighted by molar-refractivity contribution is 7.81. The topological polar surface area (TPSA) is 46.8 Å². The van der Waals surface area contributed by atoms with E-state index in [1.54, 1.807) is 18.5 Å². The van der Waals surface area contributed by atoms with Crippen LogP contribution in [0.1, 0.15) is 22.5 Å². The molecular formula is C20H17ClN2O2S. The molecule has 3 rings (SSSR count). The number of hydrogen-bond donors (Lipinski definition) is 1. The molecule has 1 heterocycles. The highest BCUT2D eigenvalue weighted by Gasteiger charge is 2.08. The molecule has 0 atom stereocenters. The van der Waals surface area contributed by atoms with Gasteiger partial charge in [0.05, 0.1) is 18.0 Å². The molecule has 3 aromatic rings. The summed E-state index contributed by atoms with van der Waals surface area (Å²) in [5, 5.41) is 7.75. The van der Waals surface area contributed by atoms with Gasteiger partial charge < -0.3 is 14.6 Å². The zero-order valence-corrected chi connectivity index (χ0v) is 15.7. The molecule has 6 heteroatoms. The smallest absolute Gasteiger partial charge is 0.142 e. The Hall–Kier alpha value is -2.63. The number of nitrogens with one attached hydrogen (secondary N) is 1. The number of furan rings is 1. The number of hydrogen-bond acceptors (Lipinski definition) is 4. The van der Waals surface area contributed by atoms with Crippen molar-refractivity contribution in [2.75, 3.05) is 5.32 Å². The number of halogens is 1. The van der Waals surface area contributed by atoms with Crippen LogP contribution in [0.25, 0.3) is 0 Å². The van der Waals surface area contributed by atoms with Crippen molar-refractivity contribution in [1.29, 1.82) is 0 Å². The van der Waals surface area contributed by atoms with Crippen molar-refractivity contribution in [1.82, 2.24) is 0 Å². The predicted molar refractivity (Wildman–Crippen MR) is 109 cm³/mol. The van der Waals surface area contributed by atoms with E-state index in [1.807, 2.05) is 55.5 Å². The number of anilines is 1. The van der Waals surface area contributed by atoms with Gasteiger partial charge in [0.25, 0.3) is 0 Å². The Morgan fingerprint density at radius 2 is 2.04 bits per heavy atom. The van der Waals surface area contributed by atoms with Crippen LogP contribution in [0.4, 0.5) is 5.69 Å². The van der Waals surface area contributed by atoms with Crippen LogP contribution < -0.4 is 5.32 Å². The van der Waals surface area contributed by atoms with Crippen LogP contribution in [0.5, 0.6) is 0 Å². The summed E-state index contributed by atoms with van der Waals surface area (Å²) in [4.78, 5) is 5.91. The molecule has 132 valence electrons. The third-order valence-corrected chi connectivity index (χ3v) is 4.36.